The van der Waals surface area contributed by atoms with E-state index in [1.54, 1.807) is 11.8 Å². The van der Waals surface area contributed by atoms with E-state index in [9.17, 15) is 5.11 Å². The summed E-state index contributed by atoms with van der Waals surface area (Å²) in [5.41, 5.74) is 8.77. The lowest BCUT2D eigenvalue weighted by molar-refractivity contribution is 0.0398. The summed E-state index contributed by atoms with van der Waals surface area (Å²) in [5, 5.41) is 9.94. The molecule has 0 aliphatic heterocycles. The van der Waals surface area contributed by atoms with Gasteiger partial charge in [-0.2, -0.15) is 0 Å². The number of rotatable bonds is 7. The van der Waals surface area contributed by atoms with E-state index in [4.69, 9.17) is 10.5 Å². The molecule has 2 aromatic carbocycles. The fourth-order valence-corrected chi connectivity index (χ4v) is 2.77. The minimum atomic E-state index is -0.475. The van der Waals surface area contributed by atoms with Crippen molar-refractivity contribution < 1.29 is 9.84 Å². The first-order valence-corrected chi connectivity index (χ1v) is 7.92. The summed E-state index contributed by atoms with van der Waals surface area (Å²) in [6, 6.07) is 15.9. The number of ether oxygens (including phenoxy) is 1. The van der Waals surface area contributed by atoms with Gasteiger partial charge in [-0.05, 0) is 36.2 Å². The third-order valence-electron chi connectivity index (χ3n) is 3.11. The van der Waals surface area contributed by atoms with Crippen LogP contribution in [0.4, 0.5) is 5.69 Å². The predicted octanol–water partition coefficient (Wildman–Crippen LogP) is 3.25. The largest absolute Gasteiger partial charge is 0.399 e. The van der Waals surface area contributed by atoms with Crippen LogP contribution in [0.25, 0.3) is 0 Å². The van der Waals surface area contributed by atoms with Gasteiger partial charge in [0.05, 0.1) is 19.3 Å². The summed E-state index contributed by atoms with van der Waals surface area (Å²) in [6.45, 7) is 2.86. The minimum absolute atomic E-state index is 0.343. The standard InChI is InChI=1S/C17H21NO2S/c1-13-9-16(7-8-17(13)18)21-12-15(19)11-20-10-14-5-3-2-4-6-14/h2-9,15,19H,10-12,18H2,1H3. The van der Waals surface area contributed by atoms with E-state index in [0.717, 1.165) is 21.7 Å². The molecule has 0 radical (unpaired) electrons. The van der Waals surface area contributed by atoms with Gasteiger partial charge in [0.1, 0.15) is 0 Å². The summed E-state index contributed by atoms with van der Waals surface area (Å²) in [4.78, 5) is 1.11. The molecule has 0 aliphatic carbocycles. The number of benzene rings is 2. The summed E-state index contributed by atoms with van der Waals surface area (Å²) < 4.78 is 5.53. The van der Waals surface area contributed by atoms with Crippen molar-refractivity contribution in [1.29, 1.82) is 0 Å². The first kappa shape index (κ1) is 15.9. The third kappa shape index (κ3) is 5.42. The van der Waals surface area contributed by atoms with E-state index in [0.29, 0.717) is 19.0 Å². The lowest BCUT2D eigenvalue weighted by Gasteiger charge is -2.11. The molecule has 0 bridgehead atoms. The van der Waals surface area contributed by atoms with Crippen LogP contribution < -0.4 is 5.73 Å². The number of hydrogen-bond donors (Lipinski definition) is 2. The summed E-state index contributed by atoms with van der Waals surface area (Å²) in [5.74, 6) is 0.609. The number of aryl methyl sites for hydroxylation is 1. The molecule has 1 unspecified atom stereocenters. The predicted molar refractivity (Wildman–Crippen MR) is 88.4 cm³/mol. The van der Waals surface area contributed by atoms with Crippen LogP contribution in [0.2, 0.25) is 0 Å². The molecule has 4 heteroatoms. The van der Waals surface area contributed by atoms with Gasteiger partial charge < -0.3 is 15.6 Å². The maximum absolute atomic E-state index is 9.94. The maximum atomic E-state index is 9.94. The summed E-state index contributed by atoms with van der Waals surface area (Å²) >= 11 is 1.61. The molecular formula is C17H21NO2S. The van der Waals surface area contributed by atoms with Gasteiger partial charge in [-0.15, -0.1) is 11.8 Å². The van der Waals surface area contributed by atoms with Crippen LogP contribution in [-0.2, 0) is 11.3 Å². The van der Waals surface area contributed by atoms with Crippen molar-refractivity contribution in [2.45, 2.75) is 24.5 Å². The average Bonchev–Trinajstić information content (AvgIpc) is 2.49. The molecule has 0 aliphatic rings. The molecule has 112 valence electrons. The Morgan fingerprint density at radius 1 is 1.19 bits per heavy atom. The number of aliphatic hydroxyl groups is 1. The van der Waals surface area contributed by atoms with Crippen molar-refractivity contribution in [2.75, 3.05) is 18.1 Å². The van der Waals surface area contributed by atoms with E-state index < -0.39 is 6.10 Å². The van der Waals surface area contributed by atoms with Crippen LogP contribution in [0.5, 0.6) is 0 Å². The van der Waals surface area contributed by atoms with E-state index in [2.05, 4.69) is 0 Å². The first-order valence-electron chi connectivity index (χ1n) is 6.94. The van der Waals surface area contributed by atoms with Crippen LogP contribution in [0, 0.1) is 6.92 Å². The lowest BCUT2D eigenvalue weighted by Crippen LogP contribution is -2.17. The van der Waals surface area contributed by atoms with Gasteiger partial charge >= 0.3 is 0 Å². The van der Waals surface area contributed by atoms with Gasteiger partial charge in [0.15, 0.2) is 0 Å². The van der Waals surface area contributed by atoms with Crippen molar-refractivity contribution >= 4 is 17.4 Å². The molecule has 3 N–H and O–H groups in total. The van der Waals surface area contributed by atoms with E-state index in [-0.39, 0.29) is 0 Å². The van der Waals surface area contributed by atoms with Gasteiger partial charge in [-0.25, -0.2) is 0 Å². The molecule has 0 saturated heterocycles. The Kier molecular flexibility index (Phi) is 6.11. The Balaban J connectivity index is 1.69. The number of thioether (sulfide) groups is 1. The highest BCUT2D eigenvalue weighted by molar-refractivity contribution is 7.99. The van der Waals surface area contributed by atoms with Crippen LogP contribution in [0.3, 0.4) is 0 Å². The van der Waals surface area contributed by atoms with Gasteiger partial charge in [-0.1, -0.05) is 30.3 Å². The minimum Gasteiger partial charge on any atom is -0.399 e. The number of nitrogen functional groups attached to an aromatic ring is 1. The monoisotopic (exact) mass is 303 g/mol. The Morgan fingerprint density at radius 3 is 2.67 bits per heavy atom. The summed E-state index contributed by atoms with van der Waals surface area (Å²) in [7, 11) is 0. The van der Waals surface area contributed by atoms with Crippen molar-refractivity contribution in [1.82, 2.24) is 0 Å². The van der Waals surface area contributed by atoms with E-state index >= 15 is 0 Å². The topological polar surface area (TPSA) is 55.5 Å². The number of hydrogen-bond acceptors (Lipinski definition) is 4. The zero-order chi connectivity index (χ0) is 15.1. The Morgan fingerprint density at radius 2 is 1.95 bits per heavy atom. The second-order valence-electron chi connectivity index (χ2n) is 4.98. The van der Waals surface area contributed by atoms with Crippen molar-refractivity contribution in [3.8, 4) is 0 Å². The van der Waals surface area contributed by atoms with Gasteiger partial charge in [0, 0.05) is 16.3 Å². The van der Waals surface area contributed by atoms with Crippen molar-refractivity contribution in [3.63, 3.8) is 0 Å². The van der Waals surface area contributed by atoms with E-state index in [1.165, 1.54) is 0 Å². The van der Waals surface area contributed by atoms with Gasteiger partial charge in [0.2, 0.25) is 0 Å². The molecule has 2 aromatic rings. The molecule has 0 fully saturated rings. The zero-order valence-corrected chi connectivity index (χ0v) is 13.0. The first-order chi connectivity index (χ1) is 10.1. The van der Waals surface area contributed by atoms with Crippen molar-refractivity contribution in [2.24, 2.45) is 0 Å². The van der Waals surface area contributed by atoms with Gasteiger partial charge in [-0.3, -0.25) is 0 Å². The average molecular weight is 303 g/mol. The lowest BCUT2D eigenvalue weighted by atomic mass is 10.2. The second kappa shape index (κ2) is 8.08. The third-order valence-corrected chi connectivity index (χ3v) is 4.24. The Labute approximate surface area is 130 Å². The van der Waals surface area contributed by atoms with Crippen LogP contribution in [0.15, 0.2) is 53.4 Å². The highest BCUT2D eigenvalue weighted by Crippen LogP contribution is 2.23. The zero-order valence-electron chi connectivity index (χ0n) is 12.2. The summed E-state index contributed by atoms with van der Waals surface area (Å²) in [6.07, 6.45) is -0.475. The number of aliphatic hydroxyl groups excluding tert-OH is 1. The van der Waals surface area contributed by atoms with Crippen LogP contribution in [0.1, 0.15) is 11.1 Å². The quantitative estimate of drug-likeness (QED) is 0.609. The highest BCUT2D eigenvalue weighted by atomic mass is 32.2. The molecule has 0 saturated carbocycles. The molecule has 3 nitrogen and oxygen atoms in total. The molecular weight excluding hydrogens is 282 g/mol. The van der Waals surface area contributed by atoms with E-state index in [1.807, 2.05) is 55.5 Å². The molecule has 1 atom stereocenters. The van der Waals surface area contributed by atoms with Crippen LogP contribution in [-0.4, -0.2) is 23.6 Å². The maximum Gasteiger partial charge on any atom is 0.0867 e. The SMILES string of the molecule is Cc1cc(SCC(O)COCc2ccccc2)ccc1N. The molecule has 0 heterocycles. The highest BCUT2D eigenvalue weighted by Gasteiger charge is 2.06. The smallest absolute Gasteiger partial charge is 0.0867 e. The van der Waals surface area contributed by atoms with Crippen LogP contribution >= 0.6 is 11.8 Å². The molecule has 0 spiro atoms. The second-order valence-corrected chi connectivity index (χ2v) is 6.08. The molecule has 2 rings (SSSR count). The normalized spacial score (nSPS) is 12.3. The number of anilines is 1. The van der Waals surface area contributed by atoms with Crippen molar-refractivity contribution in [3.05, 3.63) is 59.7 Å². The molecule has 0 aromatic heterocycles. The fourth-order valence-electron chi connectivity index (χ4n) is 1.87. The number of nitrogens with two attached hydrogens (primary N) is 1. The van der Waals surface area contributed by atoms with Gasteiger partial charge in [0.25, 0.3) is 0 Å². The Bertz CT molecular complexity index is 560. The fraction of sp³-hybridized carbons (Fsp3) is 0.294. The Hall–Kier alpha value is -1.49. The molecule has 21 heavy (non-hydrogen) atoms. The molecule has 0 amide bonds.